The normalized spacial score (nSPS) is 24.0. The Hall–Kier alpha value is -1.62. The van der Waals surface area contributed by atoms with Crippen LogP contribution in [0.2, 0.25) is 5.02 Å². The van der Waals surface area contributed by atoms with Gasteiger partial charge in [-0.3, -0.25) is 14.9 Å². The van der Waals surface area contributed by atoms with Crippen molar-refractivity contribution in [3.63, 3.8) is 0 Å². The van der Waals surface area contributed by atoms with Crippen LogP contribution in [0, 0.1) is 27.9 Å². The van der Waals surface area contributed by atoms with Gasteiger partial charge in [-0.15, -0.1) is 0 Å². The van der Waals surface area contributed by atoms with E-state index in [0.29, 0.717) is 28.3 Å². The number of carbonyl (C=O) groups is 1. The van der Waals surface area contributed by atoms with Gasteiger partial charge in [-0.1, -0.05) is 38.8 Å². The quantitative estimate of drug-likeness (QED) is 0.433. The maximum Gasteiger partial charge on any atom is 0.310 e. The van der Waals surface area contributed by atoms with Gasteiger partial charge in [-0.05, 0) is 42.7 Å². The molecule has 0 aliphatic heterocycles. The molecule has 0 saturated heterocycles. The minimum absolute atomic E-state index is 0.103. The van der Waals surface area contributed by atoms with Crippen LogP contribution in [0.5, 0.6) is 0 Å². The third kappa shape index (κ3) is 4.69. The van der Waals surface area contributed by atoms with E-state index in [4.69, 9.17) is 16.3 Å². The number of rotatable bonds is 5. The van der Waals surface area contributed by atoms with E-state index in [1.54, 1.807) is 0 Å². The standard InChI is InChI=1S/C18H24ClNO4/c1-11(2)15-6-4-12(3)8-17(15)24-18(21)10-13-9-14(19)5-7-16(13)20(22)23/h5,7,9,11-12,15,17H,4,6,8,10H2,1-3H3/t12-,15-,17+/m1/s1. The summed E-state index contributed by atoms with van der Waals surface area (Å²) in [5, 5.41) is 11.5. The fourth-order valence-electron chi connectivity index (χ4n) is 3.49. The number of nitro groups is 1. The average molecular weight is 354 g/mol. The molecule has 0 N–H and O–H groups in total. The molecular weight excluding hydrogens is 330 g/mol. The lowest BCUT2D eigenvalue weighted by Gasteiger charge is -2.36. The zero-order chi connectivity index (χ0) is 17.9. The topological polar surface area (TPSA) is 69.4 Å². The molecule has 5 nitrogen and oxygen atoms in total. The molecule has 0 unspecified atom stereocenters. The molecule has 0 radical (unpaired) electrons. The second kappa shape index (κ2) is 7.97. The molecule has 0 amide bonds. The first-order chi connectivity index (χ1) is 11.3. The highest BCUT2D eigenvalue weighted by Gasteiger charge is 2.33. The molecule has 0 spiro atoms. The van der Waals surface area contributed by atoms with Crippen molar-refractivity contribution in [3.05, 3.63) is 38.9 Å². The van der Waals surface area contributed by atoms with Gasteiger partial charge >= 0.3 is 5.97 Å². The zero-order valence-corrected chi connectivity index (χ0v) is 15.1. The summed E-state index contributed by atoms with van der Waals surface area (Å²) in [6.07, 6.45) is 2.81. The predicted octanol–water partition coefficient (Wildman–Crippen LogP) is 4.79. The van der Waals surface area contributed by atoms with Crippen LogP contribution >= 0.6 is 11.6 Å². The molecule has 1 aromatic carbocycles. The van der Waals surface area contributed by atoms with Gasteiger partial charge in [-0.2, -0.15) is 0 Å². The third-order valence-electron chi connectivity index (χ3n) is 4.82. The van der Waals surface area contributed by atoms with E-state index in [0.717, 1.165) is 19.3 Å². The predicted molar refractivity (Wildman–Crippen MR) is 93.0 cm³/mol. The first-order valence-electron chi connectivity index (χ1n) is 8.40. The van der Waals surface area contributed by atoms with Crippen molar-refractivity contribution in [3.8, 4) is 0 Å². The molecule has 0 heterocycles. The molecule has 1 aliphatic carbocycles. The SMILES string of the molecule is CC(C)[C@H]1CC[C@@H](C)C[C@@H]1OC(=O)Cc1cc(Cl)ccc1[N+](=O)[O-]. The minimum atomic E-state index is -0.501. The van der Waals surface area contributed by atoms with Crippen molar-refractivity contribution in [2.24, 2.45) is 17.8 Å². The summed E-state index contributed by atoms with van der Waals surface area (Å²) >= 11 is 5.91. The Kier molecular flexibility index (Phi) is 6.21. The Labute approximate surface area is 147 Å². The Balaban J connectivity index is 2.09. The van der Waals surface area contributed by atoms with Crippen molar-refractivity contribution in [1.29, 1.82) is 0 Å². The van der Waals surface area contributed by atoms with Crippen LogP contribution in [0.25, 0.3) is 0 Å². The summed E-state index contributed by atoms with van der Waals surface area (Å²) in [5.74, 6) is 0.888. The number of nitro benzene ring substituents is 1. The smallest absolute Gasteiger partial charge is 0.310 e. The summed E-state index contributed by atoms with van der Waals surface area (Å²) in [6.45, 7) is 6.45. The van der Waals surface area contributed by atoms with Crippen LogP contribution in [0.3, 0.4) is 0 Å². The summed E-state index contributed by atoms with van der Waals surface area (Å²) in [5.41, 5.74) is 0.191. The molecule has 1 aromatic rings. The number of hydrogen-bond acceptors (Lipinski definition) is 4. The Bertz CT molecular complexity index is 617. The van der Waals surface area contributed by atoms with Gasteiger partial charge in [0, 0.05) is 16.7 Å². The number of carbonyl (C=O) groups excluding carboxylic acids is 1. The van der Waals surface area contributed by atoms with Crippen molar-refractivity contribution < 1.29 is 14.5 Å². The Morgan fingerprint density at radius 3 is 2.75 bits per heavy atom. The van der Waals surface area contributed by atoms with Crippen LogP contribution in [-0.2, 0) is 16.0 Å². The number of halogens is 1. The highest BCUT2D eigenvalue weighted by Crippen LogP contribution is 2.35. The summed E-state index contributed by atoms with van der Waals surface area (Å²) in [7, 11) is 0. The molecule has 1 saturated carbocycles. The lowest BCUT2D eigenvalue weighted by Crippen LogP contribution is -2.36. The molecule has 2 rings (SSSR count). The van der Waals surface area contributed by atoms with Gasteiger partial charge < -0.3 is 4.74 Å². The second-order valence-electron chi connectivity index (χ2n) is 7.06. The van der Waals surface area contributed by atoms with Crippen LogP contribution in [0.15, 0.2) is 18.2 Å². The molecule has 1 aliphatic rings. The molecule has 132 valence electrons. The van der Waals surface area contributed by atoms with E-state index in [1.165, 1.54) is 18.2 Å². The molecule has 0 aromatic heterocycles. The zero-order valence-electron chi connectivity index (χ0n) is 14.3. The van der Waals surface area contributed by atoms with Gasteiger partial charge in [0.2, 0.25) is 0 Å². The van der Waals surface area contributed by atoms with E-state index in [1.807, 2.05) is 0 Å². The monoisotopic (exact) mass is 353 g/mol. The number of esters is 1. The van der Waals surface area contributed by atoms with E-state index < -0.39 is 10.9 Å². The van der Waals surface area contributed by atoms with Crippen molar-refractivity contribution in [2.45, 2.75) is 52.6 Å². The second-order valence-corrected chi connectivity index (χ2v) is 7.50. The molecule has 1 fully saturated rings. The van der Waals surface area contributed by atoms with Gasteiger partial charge in [0.25, 0.3) is 5.69 Å². The Morgan fingerprint density at radius 1 is 1.42 bits per heavy atom. The van der Waals surface area contributed by atoms with Gasteiger partial charge in [-0.25, -0.2) is 0 Å². The average Bonchev–Trinajstić information content (AvgIpc) is 2.46. The number of benzene rings is 1. The summed E-state index contributed by atoms with van der Waals surface area (Å²) in [4.78, 5) is 23.0. The number of hydrogen-bond donors (Lipinski definition) is 0. The van der Waals surface area contributed by atoms with Crippen molar-refractivity contribution >= 4 is 23.3 Å². The highest BCUT2D eigenvalue weighted by atomic mass is 35.5. The van der Waals surface area contributed by atoms with Gasteiger partial charge in [0.15, 0.2) is 0 Å². The fourth-order valence-corrected chi connectivity index (χ4v) is 3.68. The number of ether oxygens (including phenoxy) is 1. The van der Waals surface area contributed by atoms with Gasteiger partial charge in [0.1, 0.15) is 6.10 Å². The minimum Gasteiger partial charge on any atom is -0.462 e. The first kappa shape index (κ1) is 18.7. The van der Waals surface area contributed by atoms with E-state index in [9.17, 15) is 14.9 Å². The lowest BCUT2D eigenvalue weighted by molar-refractivity contribution is -0.385. The first-order valence-corrected chi connectivity index (χ1v) is 8.78. The number of nitrogens with zero attached hydrogens (tertiary/aromatic N) is 1. The molecular formula is C18H24ClNO4. The Morgan fingerprint density at radius 2 is 2.12 bits per heavy atom. The van der Waals surface area contributed by atoms with Crippen LogP contribution < -0.4 is 0 Å². The molecule has 0 bridgehead atoms. The highest BCUT2D eigenvalue weighted by molar-refractivity contribution is 6.30. The maximum atomic E-state index is 12.4. The fraction of sp³-hybridized carbons (Fsp3) is 0.611. The lowest BCUT2D eigenvalue weighted by atomic mass is 9.75. The summed E-state index contributed by atoms with van der Waals surface area (Å²) < 4.78 is 5.71. The van der Waals surface area contributed by atoms with Crippen molar-refractivity contribution in [1.82, 2.24) is 0 Å². The van der Waals surface area contributed by atoms with Gasteiger partial charge in [0.05, 0.1) is 11.3 Å². The van der Waals surface area contributed by atoms with Crippen LogP contribution in [-0.4, -0.2) is 17.0 Å². The van der Waals surface area contributed by atoms with E-state index in [-0.39, 0.29) is 18.2 Å². The van der Waals surface area contributed by atoms with E-state index in [2.05, 4.69) is 20.8 Å². The van der Waals surface area contributed by atoms with Crippen LogP contribution in [0.4, 0.5) is 5.69 Å². The summed E-state index contributed by atoms with van der Waals surface area (Å²) in [6, 6.07) is 4.24. The molecule has 6 heteroatoms. The van der Waals surface area contributed by atoms with Crippen molar-refractivity contribution in [2.75, 3.05) is 0 Å². The third-order valence-corrected chi connectivity index (χ3v) is 5.05. The maximum absolute atomic E-state index is 12.4. The molecule has 24 heavy (non-hydrogen) atoms. The largest absolute Gasteiger partial charge is 0.462 e. The van der Waals surface area contributed by atoms with Crippen LogP contribution in [0.1, 0.15) is 45.6 Å². The van der Waals surface area contributed by atoms with E-state index >= 15 is 0 Å². The molecule has 3 atom stereocenters.